The highest BCUT2D eigenvalue weighted by molar-refractivity contribution is 7.09. The second kappa shape index (κ2) is 8.66. The van der Waals surface area contributed by atoms with Gasteiger partial charge in [-0.3, -0.25) is 0 Å². The molecule has 0 saturated carbocycles. The molecule has 3 aromatic rings. The van der Waals surface area contributed by atoms with E-state index in [1.54, 1.807) is 6.07 Å². The molecule has 4 rings (SSSR count). The van der Waals surface area contributed by atoms with Crippen LogP contribution >= 0.6 is 11.5 Å². The third-order valence-electron chi connectivity index (χ3n) is 4.99. The lowest BCUT2D eigenvalue weighted by molar-refractivity contribution is -0.137. The van der Waals surface area contributed by atoms with Crippen molar-refractivity contribution in [1.82, 2.24) is 9.36 Å². The Labute approximate surface area is 179 Å². The topological polar surface area (TPSA) is 44.3 Å². The molecule has 0 amide bonds. The van der Waals surface area contributed by atoms with Crippen LogP contribution in [0, 0.1) is 11.6 Å². The van der Waals surface area contributed by atoms with Crippen molar-refractivity contribution in [3.8, 4) is 0 Å². The molecule has 5 nitrogen and oxygen atoms in total. The highest BCUT2D eigenvalue weighted by Gasteiger charge is 2.31. The van der Waals surface area contributed by atoms with Crippen LogP contribution in [0.5, 0.6) is 0 Å². The summed E-state index contributed by atoms with van der Waals surface area (Å²) in [5.74, 6) is -1.02. The van der Waals surface area contributed by atoms with Crippen molar-refractivity contribution in [1.29, 1.82) is 0 Å². The van der Waals surface area contributed by atoms with Crippen molar-refractivity contribution in [3.05, 3.63) is 65.2 Å². The van der Waals surface area contributed by atoms with Crippen LogP contribution in [-0.2, 0) is 12.7 Å². The van der Waals surface area contributed by atoms with Crippen LogP contribution in [0.15, 0.2) is 42.5 Å². The van der Waals surface area contributed by atoms with Gasteiger partial charge in [-0.05, 0) is 30.3 Å². The van der Waals surface area contributed by atoms with Crippen molar-refractivity contribution in [2.24, 2.45) is 0 Å². The monoisotopic (exact) mass is 455 g/mol. The lowest BCUT2D eigenvalue weighted by Gasteiger charge is -2.36. The van der Waals surface area contributed by atoms with Crippen LogP contribution in [0.2, 0.25) is 0 Å². The molecule has 2 heterocycles. The molecule has 11 heteroatoms. The minimum absolute atomic E-state index is 0.0853. The van der Waals surface area contributed by atoms with Crippen molar-refractivity contribution >= 4 is 28.3 Å². The Balaban J connectivity index is 1.35. The molecule has 1 aromatic heterocycles. The number of benzene rings is 2. The zero-order chi connectivity index (χ0) is 22.0. The van der Waals surface area contributed by atoms with Gasteiger partial charge in [0.05, 0.1) is 5.56 Å². The summed E-state index contributed by atoms with van der Waals surface area (Å²) < 4.78 is 70.5. The molecule has 0 spiro atoms. The quantitative estimate of drug-likeness (QED) is 0.562. The van der Waals surface area contributed by atoms with Crippen LogP contribution in [0.25, 0.3) is 0 Å². The van der Waals surface area contributed by atoms with Crippen molar-refractivity contribution in [2.45, 2.75) is 12.7 Å². The first-order chi connectivity index (χ1) is 14.8. The molecular formula is C20H18F5N5S. The van der Waals surface area contributed by atoms with E-state index in [9.17, 15) is 22.0 Å². The van der Waals surface area contributed by atoms with Crippen molar-refractivity contribution in [2.75, 3.05) is 41.3 Å². The molecule has 1 aliphatic heterocycles. The number of halogens is 5. The number of nitrogens with zero attached hydrogens (tertiary/aromatic N) is 4. The molecule has 0 unspecified atom stereocenters. The third-order valence-corrected chi connectivity index (χ3v) is 5.77. The normalized spacial score (nSPS) is 14.7. The third kappa shape index (κ3) is 4.87. The fourth-order valence-corrected chi connectivity index (χ4v) is 4.02. The average Bonchev–Trinajstić information content (AvgIpc) is 3.22. The summed E-state index contributed by atoms with van der Waals surface area (Å²) in [4.78, 5) is 8.24. The van der Waals surface area contributed by atoms with E-state index < -0.39 is 23.4 Å². The van der Waals surface area contributed by atoms with E-state index in [1.807, 2.05) is 9.80 Å². The second-order valence-electron chi connectivity index (χ2n) is 6.98. The zero-order valence-electron chi connectivity index (χ0n) is 16.2. The number of alkyl halides is 3. The predicted octanol–water partition coefficient (Wildman–Crippen LogP) is 4.77. The van der Waals surface area contributed by atoms with Gasteiger partial charge in [-0.25, -0.2) is 8.78 Å². The number of nitrogens with one attached hydrogen (secondary N) is 1. The lowest BCUT2D eigenvalue weighted by atomic mass is 10.1. The average molecular weight is 455 g/mol. The molecule has 0 atom stereocenters. The fourth-order valence-electron chi connectivity index (χ4n) is 3.32. The van der Waals surface area contributed by atoms with E-state index in [0.717, 1.165) is 23.7 Å². The summed E-state index contributed by atoms with van der Waals surface area (Å²) in [5.41, 5.74) is -0.229. The van der Waals surface area contributed by atoms with Crippen LogP contribution < -0.4 is 15.1 Å². The zero-order valence-corrected chi connectivity index (χ0v) is 17.0. The summed E-state index contributed by atoms with van der Waals surface area (Å²) >= 11 is 1.15. The smallest absolute Gasteiger partial charge is 0.368 e. The number of rotatable bonds is 5. The van der Waals surface area contributed by atoms with Gasteiger partial charge in [0.15, 0.2) is 0 Å². The minimum Gasteiger partial charge on any atom is -0.368 e. The molecule has 1 aliphatic rings. The minimum atomic E-state index is -4.38. The highest BCUT2D eigenvalue weighted by atomic mass is 32.1. The Morgan fingerprint density at radius 1 is 0.935 bits per heavy atom. The number of aromatic nitrogens is 2. The summed E-state index contributed by atoms with van der Waals surface area (Å²) in [6.07, 6.45) is -4.38. The Kier molecular flexibility index (Phi) is 5.94. The van der Waals surface area contributed by atoms with Gasteiger partial charge in [-0.1, -0.05) is 12.1 Å². The van der Waals surface area contributed by atoms with Gasteiger partial charge in [0.25, 0.3) is 0 Å². The Hall–Kier alpha value is -2.95. The molecule has 0 bridgehead atoms. The van der Waals surface area contributed by atoms with E-state index in [4.69, 9.17) is 0 Å². The largest absolute Gasteiger partial charge is 0.416 e. The highest BCUT2D eigenvalue weighted by Crippen LogP contribution is 2.32. The Morgan fingerprint density at radius 3 is 2.26 bits per heavy atom. The van der Waals surface area contributed by atoms with E-state index >= 15 is 0 Å². The number of piperazine rings is 1. The van der Waals surface area contributed by atoms with E-state index in [1.165, 1.54) is 24.3 Å². The van der Waals surface area contributed by atoms with Gasteiger partial charge >= 0.3 is 6.18 Å². The molecule has 0 aliphatic carbocycles. The summed E-state index contributed by atoms with van der Waals surface area (Å²) in [7, 11) is 0. The van der Waals surface area contributed by atoms with Gasteiger partial charge in [0, 0.05) is 55.5 Å². The van der Waals surface area contributed by atoms with E-state index in [2.05, 4.69) is 14.7 Å². The first-order valence-corrected chi connectivity index (χ1v) is 10.3. The maximum atomic E-state index is 13.7. The second-order valence-corrected chi connectivity index (χ2v) is 7.71. The molecule has 0 radical (unpaired) electrons. The molecular weight excluding hydrogens is 437 g/mol. The van der Waals surface area contributed by atoms with Gasteiger partial charge in [0.2, 0.25) is 11.1 Å². The number of hydrogen-bond acceptors (Lipinski definition) is 6. The van der Waals surface area contributed by atoms with Gasteiger partial charge in [-0.2, -0.15) is 22.5 Å². The maximum Gasteiger partial charge on any atom is 0.416 e. The van der Waals surface area contributed by atoms with Crippen LogP contribution in [0.3, 0.4) is 0 Å². The first kappa shape index (κ1) is 21.3. The van der Waals surface area contributed by atoms with Gasteiger partial charge < -0.3 is 15.1 Å². The Morgan fingerprint density at radius 2 is 1.58 bits per heavy atom. The standard InChI is InChI=1S/C20H18F5N5S/c21-16-5-2-6-17(22)15(16)12-26-18-27-19(31-28-18)30-9-7-29(8-10-30)14-4-1-3-13(11-14)20(23,24)25/h1-6,11H,7-10,12H2,(H,26,28). The summed E-state index contributed by atoms with van der Waals surface area (Å²) in [6.45, 7) is 2.10. The fraction of sp³-hybridized carbons (Fsp3) is 0.300. The van der Waals surface area contributed by atoms with E-state index in [-0.39, 0.29) is 18.1 Å². The van der Waals surface area contributed by atoms with Crippen molar-refractivity contribution in [3.63, 3.8) is 0 Å². The lowest BCUT2D eigenvalue weighted by Crippen LogP contribution is -2.46. The van der Waals surface area contributed by atoms with Crippen LogP contribution in [-0.4, -0.2) is 35.5 Å². The maximum absolute atomic E-state index is 13.7. The van der Waals surface area contributed by atoms with E-state index in [0.29, 0.717) is 37.0 Å². The summed E-state index contributed by atoms with van der Waals surface area (Å²) in [5, 5.41) is 3.46. The first-order valence-electron chi connectivity index (χ1n) is 9.49. The molecule has 1 fully saturated rings. The molecule has 2 aromatic carbocycles. The predicted molar refractivity (Wildman–Crippen MR) is 109 cm³/mol. The molecule has 31 heavy (non-hydrogen) atoms. The van der Waals surface area contributed by atoms with Gasteiger partial charge in [0.1, 0.15) is 11.6 Å². The van der Waals surface area contributed by atoms with Crippen molar-refractivity contribution < 1.29 is 22.0 Å². The molecule has 164 valence electrons. The molecule has 1 saturated heterocycles. The van der Waals surface area contributed by atoms with Gasteiger partial charge in [-0.15, -0.1) is 0 Å². The molecule has 1 N–H and O–H groups in total. The van der Waals surface area contributed by atoms with Crippen LogP contribution in [0.1, 0.15) is 11.1 Å². The Bertz CT molecular complexity index is 1030. The number of anilines is 3. The summed E-state index contributed by atoms with van der Waals surface area (Å²) in [6, 6.07) is 8.96. The number of hydrogen-bond donors (Lipinski definition) is 1. The van der Waals surface area contributed by atoms with Crippen LogP contribution in [0.4, 0.5) is 38.7 Å². The SMILES string of the molecule is Fc1cccc(F)c1CNc1nsc(N2CCN(c3cccc(C(F)(F)F)c3)CC2)n1.